The Kier molecular flexibility index (Phi) is 6.37. The number of anilines is 1. The molecule has 1 N–H and O–H groups in total. The molecule has 112 valence electrons. The monoisotopic (exact) mass is 338 g/mol. The van der Waals surface area contributed by atoms with Crippen LogP contribution < -0.4 is 10.2 Å². The van der Waals surface area contributed by atoms with Crippen LogP contribution in [-0.2, 0) is 6.54 Å². The van der Waals surface area contributed by atoms with Crippen LogP contribution in [0.1, 0.15) is 51.5 Å². The molecule has 1 aromatic rings. The van der Waals surface area contributed by atoms with Gasteiger partial charge in [-0.3, -0.25) is 0 Å². The number of nitrogens with zero attached hydrogens (tertiary/aromatic N) is 1. The summed E-state index contributed by atoms with van der Waals surface area (Å²) in [6.07, 6.45) is 6.45. The summed E-state index contributed by atoms with van der Waals surface area (Å²) in [4.78, 5) is 2.64. The second-order valence-corrected chi connectivity index (χ2v) is 6.64. The van der Waals surface area contributed by atoms with Gasteiger partial charge in [0, 0.05) is 29.3 Å². The third kappa shape index (κ3) is 4.49. The Labute approximate surface area is 132 Å². The number of hydrogen-bond donors (Lipinski definition) is 1. The molecule has 0 aliphatic heterocycles. The molecule has 1 fully saturated rings. The van der Waals surface area contributed by atoms with Crippen LogP contribution in [-0.4, -0.2) is 19.1 Å². The van der Waals surface area contributed by atoms with E-state index < -0.39 is 0 Å². The van der Waals surface area contributed by atoms with E-state index in [1.807, 2.05) is 0 Å². The Morgan fingerprint density at radius 3 is 2.70 bits per heavy atom. The van der Waals surface area contributed by atoms with E-state index in [9.17, 15) is 0 Å². The predicted molar refractivity (Wildman–Crippen MR) is 91.4 cm³/mol. The molecule has 2 nitrogen and oxygen atoms in total. The van der Waals surface area contributed by atoms with Crippen molar-refractivity contribution in [3.63, 3.8) is 0 Å². The molecular formula is C17H27BrN2. The maximum absolute atomic E-state index is 3.64. The quantitative estimate of drug-likeness (QED) is 0.655. The molecule has 0 heterocycles. The first-order valence-electron chi connectivity index (χ1n) is 8.02. The molecule has 0 aromatic heterocycles. The van der Waals surface area contributed by atoms with Crippen molar-refractivity contribution in [2.45, 2.75) is 58.5 Å². The van der Waals surface area contributed by atoms with Crippen LogP contribution >= 0.6 is 15.9 Å². The zero-order chi connectivity index (χ0) is 14.4. The number of hydrogen-bond acceptors (Lipinski definition) is 2. The highest BCUT2D eigenvalue weighted by Crippen LogP contribution is 2.35. The Morgan fingerprint density at radius 2 is 2.05 bits per heavy atom. The van der Waals surface area contributed by atoms with Gasteiger partial charge in [0.05, 0.1) is 0 Å². The standard InChI is InChI=1S/C17H27BrN2/c1-3-5-11-20(16-8-9-16)17-12-15(18)7-6-14(17)13-19-10-4-2/h6-7,12,16,19H,3-5,8-11,13H2,1-2H3. The van der Waals surface area contributed by atoms with E-state index in [4.69, 9.17) is 0 Å². The Hall–Kier alpha value is -0.540. The molecule has 0 atom stereocenters. The molecule has 1 aromatic carbocycles. The zero-order valence-corrected chi connectivity index (χ0v) is 14.4. The van der Waals surface area contributed by atoms with Gasteiger partial charge in [-0.05, 0) is 49.9 Å². The topological polar surface area (TPSA) is 15.3 Å². The third-order valence-electron chi connectivity index (χ3n) is 3.84. The number of unbranched alkanes of at least 4 members (excludes halogenated alkanes) is 1. The molecular weight excluding hydrogens is 312 g/mol. The van der Waals surface area contributed by atoms with Crippen LogP contribution in [0.25, 0.3) is 0 Å². The van der Waals surface area contributed by atoms with Crippen LogP contribution in [0.5, 0.6) is 0 Å². The van der Waals surface area contributed by atoms with Crippen LogP contribution in [0.3, 0.4) is 0 Å². The van der Waals surface area contributed by atoms with Gasteiger partial charge in [-0.2, -0.15) is 0 Å². The smallest absolute Gasteiger partial charge is 0.0425 e. The molecule has 0 bridgehead atoms. The van der Waals surface area contributed by atoms with E-state index in [1.54, 1.807) is 0 Å². The summed E-state index contributed by atoms with van der Waals surface area (Å²) in [6.45, 7) is 7.75. The molecule has 0 radical (unpaired) electrons. The Balaban J connectivity index is 2.14. The predicted octanol–water partition coefficient (Wildman–Crippen LogP) is 4.72. The maximum Gasteiger partial charge on any atom is 0.0425 e. The van der Waals surface area contributed by atoms with E-state index >= 15 is 0 Å². The summed E-state index contributed by atoms with van der Waals surface area (Å²) in [7, 11) is 0. The van der Waals surface area contributed by atoms with Crippen LogP contribution in [0.2, 0.25) is 0 Å². The summed E-state index contributed by atoms with van der Waals surface area (Å²) < 4.78 is 1.19. The lowest BCUT2D eigenvalue weighted by Gasteiger charge is -2.27. The van der Waals surface area contributed by atoms with Crippen molar-refractivity contribution in [1.29, 1.82) is 0 Å². The lowest BCUT2D eigenvalue weighted by atomic mass is 10.1. The van der Waals surface area contributed by atoms with E-state index in [-0.39, 0.29) is 0 Å². The van der Waals surface area contributed by atoms with Crippen LogP contribution in [0.4, 0.5) is 5.69 Å². The number of halogens is 1. The number of rotatable bonds is 9. The van der Waals surface area contributed by atoms with Gasteiger partial charge in [0.2, 0.25) is 0 Å². The fourth-order valence-corrected chi connectivity index (χ4v) is 2.92. The summed E-state index contributed by atoms with van der Waals surface area (Å²) >= 11 is 3.64. The summed E-state index contributed by atoms with van der Waals surface area (Å²) in [6, 6.07) is 7.51. The lowest BCUT2D eigenvalue weighted by Crippen LogP contribution is -2.28. The van der Waals surface area contributed by atoms with Gasteiger partial charge < -0.3 is 10.2 Å². The lowest BCUT2D eigenvalue weighted by molar-refractivity contribution is 0.665. The first-order chi connectivity index (χ1) is 9.76. The molecule has 1 aliphatic carbocycles. The van der Waals surface area contributed by atoms with E-state index in [1.165, 1.54) is 54.4 Å². The minimum atomic E-state index is 0.778. The molecule has 3 heteroatoms. The maximum atomic E-state index is 3.64. The first kappa shape index (κ1) is 15.8. The van der Waals surface area contributed by atoms with Crippen molar-refractivity contribution in [2.24, 2.45) is 0 Å². The van der Waals surface area contributed by atoms with Gasteiger partial charge in [-0.15, -0.1) is 0 Å². The van der Waals surface area contributed by atoms with Crippen LogP contribution in [0, 0.1) is 0 Å². The highest BCUT2D eigenvalue weighted by atomic mass is 79.9. The van der Waals surface area contributed by atoms with Crippen LogP contribution in [0.15, 0.2) is 22.7 Å². The summed E-state index contributed by atoms with van der Waals surface area (Å²) in [5.41, 5.74) is 2.86. The zero-order valence-electron chi connectivity index (χ0n) is 12.8. The van der Waals surface area contributed by atoms with Crippen molar-refractivity contribution in [2.75, 3.05) is 18.0 Å². The summed E-state index contributed by atoms with van der Waals surface area (Å²) in [5.74, 6) is 0. The normalized spacial score (nSPS) is 14.6. The molecule has 2 rings (SSSR count). The average molecular weight is 339 g/mol. The number of benzene rings is 1. The Bertz CT molecular complexity index is 415. The minimum absolute atomic E-state index is 0.778. The molecule has 0 unspecified atom stereocenters. The van der Waals surface area contributed by atoms with Crippen molar-refractivity contribution < 1.29 is 0 Å². The van der Waals surface area contributed by atoms with E-state index in [2.05, 4.69) is 58.2 Å². The average Bonchev–Trinajstić information content (AvgIpc) is 3.26. The van der Waals surface area contributed by atoms with Crippen molar-refractivity contribution in [3.05, 3.63) is 28.2 Å². The van der Waals surface area contributed by atoms with Crippen molar-refractivity contribution >= 4 is 21.6 Å². The second-order valence-electron chi connectivity index (χ2n) is 5.73. The third-order valence-corrected chi connectivity index (χ3v) is 4.33. The minimum Gasteiger partial charge on any atom is -0.368 e. The van der Waals surface area contributed by atoms with Gasteiger partial charge in [0.15, 0.2) is 0 Å². The van der Waals surface area contributed by atoms with Crippen molar-refractivity contribution in [3.8, 4) is 0 Å². The van der Waals surface area contributed by atoms with Crippen molar-refractivity contribution in [1.82, 2.24) is 5.32 Å². The number of nitrogens with one attached hydrogen (secondary N) is 1. The van der Waals surface area contributed by atoms with Gasteiger partial charge >= 0.3 is 0 Å². The SMILES string of the molecule is CCCCN(c1cc(Br)ccc1CNCCC)C1CC1. The molecule has 0 saturated heterocycles. The second kappa shape index (κ2) is 8.04. The largest absolute Gasteiger partial charge is 0.368 e. The highest BCUT2D eigenvalue weighted by molar-refractivity contribution is 9.10. The van der Waals surface area contributed by atoms with Gasteiger partial charge in [-0.1, -0.05) is 42.3 Å². The highest BCUT2D eigenvalue weighted by Gasteiger charge is 2.29. The fourth-order valence-electron chi connectivity index (χ4n) is 2.57. The molecule has 0 spiro atoms. The van der Waals surface area contributed by atoms with E-state index in [0.717, 1.165) is 19.1 Å². The molecule has 0 amide bonds. The Morgan fingerprint density at radius 1 is 1.25 bits per heavy atom. The molecule has 1 saturated carbocycles. The van der Waals surface area contributed by atoms with E-state index in [0.29, 0.717) is 0 Å². The van der Waals surface area contributed by atoms with Gasteiger partial charge in [0.25, 0.3) is 0 Å². The summed E-state index contributed by atoms with van der Waals surface area (Å²) in [5, 5.41) is 3.54. The van der Waals surface area contributed by atoms with Gasteiger partial charge in [-0.25, -0.2) is 0 Å². The molecule has 20 heavy (non-hydrogen) atoms. The fraction of sp³-hybridized carbons (Fsp3) is 0.647. The molecule has 1 aliphatic rings. The van der Waals surface area contributed by atoms with Gasteiger partial charge in [0.1, 0.15) is 0 Å². The first-order valence-corrected chi connectivity index (χ1v) is 8.81.